The molecule has 0 atom stereocenters. The van der Waals surface area contributed by atoms with Crippen molar-refractivity contribution in [2.75, 3.05) is 12.8 Å². The first-order chi connectivity index (χ1) is 8.74. The van der Waals surface area contributed by atoms with Crippen molar-refractivity contribution in [3.63, 3.8) is 0 Å². The quantitative estimate of drug-likeness (QED) is 0.853. The van der Waals surface area contributed by atoms with E-state index >= 15 is 0 Å². The van der Waals surface area contributed by atoms with Crippen LogP contribution in [-0.4, -0.2) is 17.3 Å². The van der Waals surface area contributed by atoms with Crippen molar-refractivity contribution in [3.05, 3.63) is 41.1 Å². The third kappa shape index (κ3) is 2.43. The van der Waals surface area contributed by atoms with E-state index in [1.54, 1.807) is 7.11 Å². The van der Waals surface area contributed by atoms with Gasteiger partial charge >= 0.3 is 0 Å². The molecule has 3 N–H and O–H groups in total. The fraction of sp³-hybridized carbons (Fsp3) is 0.231. The van der Waals surface area contributed by atoms with Crippen LogP contribution in [0.25, 0.3) is 0 Å². The van der Waals surface area contributed by atoms with Crippen LogP contribution < -0.4 is 10.5 Å². The summed E-state index contributed by atoms with van der Waals surface area (Å²) in [5, 5.41) is 15.6. The smallest absolute Gasteiger partial charge is 0.163 e. The van der Waals surface area contributed by atoms with Gasteiger partial charge in [0.2, 0.25) is 0 Å². The van der Waals surface area contributed by atoms with Crippen LogP contribution in [0.1, 0.15) is 16.8 Å². The molecule has 0 aliphatic carbocycles. The second-order valence-corrected chi connectivity index (χ2v) is 3.93. The number of hydrogen-bond acceptors (Lipinski definition) is 4. The Morgan fingerprint density at radius 1 is 1.44 bits per heavy atom. The fourth-order valence-corrected chi connectivity index (χ4v) is 1.80. The minimum atomic E-state index is 0.262. The molecule has 0 bridgehead atoms. The number of nitrogens with two attached hydrogens (primary N) is 1. The molecule has 0 aliphatic heterocycles. The molecule has 18 heavy (non-hydrogen) atoms. The van der Waals surface area contributed by atoms with Gasteiger partial charge in [0.1, 0.15) is 17.4 Å². The summed E-state index contributed by atoms with van der Waals surface area (Å²) in [7, 11) is 1.64. The second kappa shape index (κ2) is 5.23. The number of H-pyrrole nitrogens is 1. The van der Waals surface area contributed by atoms with Crippen molar-refractivity contribution in [1.29, 1.82) is 5.26 Å². The Bertz CT molecular complexity index is 583. The van der Waals surface area contributed by atoms with Gasteiger partial charge in [-0.3, -0.25) is 5.10 Å². The summed E-state index contributed by atoms with van der Waals surface area (Å²) < 4.78 is 5.16. The Morgan fingerprint density at radius 3 is 3.00 bits per heavy atom. The number of nitrogens with zero attached hydrogens (tertiary/aromatic N) is 2. The molecule has 92 valence electrons. The van der Waals surface area contributed by atoms with Crippen molar-refractivity contribution >= 4 is 5.82 Å². The van der Waals surface area contributed by atoms with Gasteiger partial charge in [0.05, 0.1) is 12.8 Å². The monoisotopic (exact) mass is 242 g/mol. The van der Waals surface area contributed by atoms with Crippen LogP contribution in [-0.2, 0) is 12.8 Å². The summed E-state index contributed by atoms with van der Waals surface area (Å²) in [5.41, 5.74) is 7.94. The molecule has 2 rings (SSSR count). The summed E-state index contributed by atoms with van der Waals surface area (Å²) in [6, 6.07) is 9.91. The van der Waals surface area contributed by atoms with Gasteiger partial charge in [-0.1, -0.05) is 12.1 Å². The lowest BCUT2D eigenvalue weighted by atomic mass is 10.1. The summed E-state index contributed by atoms with van der Waals surface area (Å²) in [4.78, 5) is 0. The SMILES string of the molecule is COc1cccc(CCc2[nH]nc(N)c2C#N)c1. The zero-order valence-corrected chi connectivity index (χ0v) is 10.1. The molecule has 5 heteroatoms. The summed E-state index contributed by atoms with van der Waals surface area (Å²) in [6.07, 6.45) is 1.49. The summed E-state index contributed by atoms with van der Waals surface area (Å²) in [6.45, 7) is 0. The average Bonchev–Trinajstić information content (AvgIpc) is 2.77. The molecule has 1 aromatic heterocycles. The molecule has 0 aliphatic rings. The van der Waals surface area contributed by atoms with E-state index in [0.717, 1.165) is 23.4 Å². The van der Waals surface area contributed by atoms with E-state index in [1.807, 2.05) is 24.3 Å². The van der Waals surface area contributed by atoms with E-state index in [0.29, 0.717) is 12.0 Å². The lowest BCUT2D eigenvalue weighted by Gasteiger charge is -2.03. The Morgan fingerprint density at radius 2 is 2.28 bits per heavy atom. The maximum absolute atomic E-state index is 8.96. The van der Waals surface area contributed by atoms with Gasteiger partial charge in [-0.25, -0.2) is 0 Å². The van der Waals surface area contributed by atoms with Crippen LogP contribution >= 0.6 is 0 Å². The van der Waals surface area contributed by atoms with Gasteiger partial charge in [0, 0.05) is 0 Å². The van der Waals surface area contributed by atoms with Gasteiger partial charge < -0.3 is 10.5 Å². The van der Waals surface area contributed by atoms with Crippen molar-refractivity contribution < 1.29 is 4.74 Å². The van der Waals surface area contributed by atoms with Crippen LogP contribution in [0.2, 0.25) is 0 Å². The first kappa shape index (κ1) is 12.0. The molecule has 2 aromatic rings. The Kier molecular flexibility index (Phi) is 3.49. The van der Waals surface area contributed by atoms with Gasteiger partial charge in [0.25, 0.3) is 0 Å². The third-order valence-corrected chi connectivity index (χ3v) is 2.78. The molecule has 0 spiro atoms. The molecule has 0 amide bonds. The number of benzene rings is 1. The van der Waals surface area contributed by atoms with Crippen LogP contribution in [0.15, 0.2) is 24.3 Å². The molecule has 0 radical (unpaired) electrons. The number of hydrogen-bond donors (Lipinski definition) is 2. The van der Waals surface area contributed by atoms with Crippen LogP contribution in [0.5, 0.6) is 5.75 Å². The molecule has 0 fully saturated rings. The first-order valence-electron chi connectivity index (χ1n) is 5.60. The van der Waals surface area contributed by atoms with Gasteiger partial charge in [-0.2, -0.15) is 10.4 Å². The maximum Gasteiger partial charge on any atom is 0.163 e. The predicted octanol–water partition coefficient (Wildman–Crippen LogP) is 1.66. The summed E-state index contributed by atoms with van der Waals surface area (Å²) >= 11 is 0. The molecule has 0 unspecified atom stereocenters. The molecule has 5 nitrogen and oxygen atoms in total. The van der Waals surface area contributed by atoms with Crippen molar-refractivity contribution in [2.45, 2.75) is 12.8 Å². The van der Waals surface area contributed by atoms with Crippen molar-refractivity contribution in [1.82, 2.24) is 10.2 Å². The molecule has 0 saturated carbocycles. The molecule has 1 heterocycles. The number of aromatic nitrogens is 2. The van der Waals surface area contributed by atoms with Crippen LogP contribution in [0, 0.1) is 11.3 Å². The molecule has 0 saturated heterocycles. The van der Waals surface area contributed by atoms with Gasteiger partial charge in [-0.15, -0.1) is 0 Å². The summed E-state index contributed by atoms with van der Waals surface area (Å²) in [5.74, 6) is 1.09. The molecular weight excluding hydrogens is 228 g/mol. The number of ether oxygens (including phenoxy) is 1. The van der Waals surface area contributed by atoms with E-state index in [9.17, 15) is 0 Å². The normalized spacial score (nSPS) is 10.0. The van der Waals surface area contributed by atoms with Gasteiger partial charge in [0.15, 0.2) is 5.82 Å². The minimum Gasteiger partial charge on any atom is -0.497 e. The predicted molar refractivity (Wildman–Crippen MR) is 68.1 cm³/mol. The van der Waals surface area contributed by atoms with Crippen LogP contribution in [0.3, 0.4) is 0 Å². The topological polar surface area (TPSA) is 87.7 Å². The number of nitrogen functional groups attached to an aromatic ring is 1. The largest absolute Gasteiger partial charge is 0.497 e. The third-order valence-electron chi connectivity index (χ3n) is 2.78. The highest BCUT2D eigenvalue weighted by Gasteiger charge is 2.09. The highest BCUT2D eigenvalue weighted by atomic mass is 16.5. The van der Waals surface area contributed by atoms with Crippen LogP contribution in [0.4, 0.5) is 5.82 Å². The average molecular weight is 242 g/mol. The number of nitriles is 1. The highest BCUT2D eigenvalue weighted by Crippen LogP contribution is 2.17. The van der Waals surface area contributed by atoms with E-state index in [1.165, 1.54) is 0 Å². The number of nitrogens with one attached hydrogen (secondary N) is 1. The molecule has 1 aromatic carbocycles. The van der Waals surface area contributed by atoms with E-state index < -0.39 is 0 Å². The number of rotatable bonds is 4. The zero-order chi connectivity index (χ0) is 13.0. The Labute approximate surface area is 105 Å². The number of aryl methyl sites for hydroxylation is 2. The lowest BCUT2D eigenvalue weighted by Crippen LogP contribution is -1.95. The second-order valence-electron chi connectivity index (χ2n) is 3.93. The Balaban J connectivity index is 2.09. The fourth-order valence-electron chi connectivity index (χ4n) is 1.80. The Hall–Kier alpha value is -2.48. The first-order valence-corrected chi connectivity index (χ1v) is 5.60. The highest BCUT2D eigenvalue weighted by molar-refractivity contribution is 5.51. The van der Waals surface area contributed by atoms with E-state index in [-0.39, 0.29) is 5.82 Å². The number of anilines is 1. The standard InChI is InChI=1S/C13H14N4O/c1-18-10-4-2-3-9(7-10)5-6-12-11(8-14)13(15)17-16-12/h2-4,7H,5-6H2,1H3,(H3,15,16,17). The molecular formula is C13H14N4O. The lowest BCUT2D eigenvalue weighted by molar-refractivity contribution is 0.414. The van der Waals surface area contributed by atoms with Gasteiger partial charge in [-0.05, 0) is 30.5 Å². The van der Waals surface area contributed by atoms with Crippen molar-refractivity contribution in [3.8, 4) is 11.8 Å². The van der Waals surface area contributed by atoms with Crippen molar-refractivity contribution in [2.24, 2.45) is 0 Å². The number of methoxy groups -OCH3 is 1. The minimum absolute atomic E-state index is 0.262. The maximum atomic E-state index is 8.96. The van der Waals surface area contributed by atoms with E-state index in [4.69, 9.17) is 15.7 Å². The number of aromatic amines is 1. The zero-order valence-electron chi connectivity index (χ0n) is 10.1. The van der Waals surface area contributed by atoms with E-state index in [2.05, 4.69) is 16.3 Å².